The molecule has 80 valence electrons. The van der Waals surface area contributed by atoms with Crippen molar-refractivity contribution in [2.45, 2.75) is 25.0 Å². The Morgan fingerprint density at radius 3 is 2.57 bits per heavy atom. The van der Waals surface area contributed by atoms with E-state index < -0.39 is 6.09 Å². The number of rotatable bonds is 2. The summed E-state index contributed by atoms with van der Waals surface area (Å²) in [5.74, 6) is 0. The second-order valence-corrected chi connectivity index (χ2v) is 3.83. The molecule has 0 aromatic carbocycles. The van der Waals surface area contributed by atoms with Crippen LogP contribution in [0.3, 0.4) is 0 Å². The van der Waals surface area contributed by atoms with E-state index in [1.54, 1.807) is 0 Å². The fourth-order valence-corrected chi connectivity index (χ4v) is 2.04. The molecule has 0 bridgehead atoms. The molecule has 2 N–H and O–H groups in total. The number of ether oxygens (including phenoxy) is 2. The van der Waals surface area contributed by atoms with Gasteiger partial charge in [-0.05, 0) is 0 Å². The minimum absolute atomic E-state index is 0.0420. The van der Waals surface area contributed by atoms with Crippen LogP contribution in [0.1, 0.15) is 12.8 Å². The van der Waals surface area contributed by atoms with E-state index in [1.165, 1.54) is 0 Å². The molecule has 0 atom stereocenters. The van der Waals surface area contributed by atoms with Crippen molar-refractivity contribution < 1.29 is 14.3 Å². The van der Waals surface area contributed by atoms with Crippen LogP contribution >= 0.6 is 0 Å². The standard InChI is InChI=1S/C9H16N2O3/c10-9(12)14-8-5-7(6-8)11-1-3-13-4-2-11/h7-8H,1-6H2,(H2,10,12). The summed E-state index contributed by atoms with van der Waals surface area (Å²) < 4.78 is 10.2. The zero-order valence-electron chi connectivity index (χ0n) is 8.15. The summed E-state index contributed by atoms with van der Waals surface area (Å²) in [6.07, 6.45) is 1.22. The van der Waals surface area contributed by atoms with Crippen molar-refractivity contribution in [2.75, 3.05) is 26.3 Å². The first-order valence-electron chi connectivity index (χ1n) is 5.03. The molecule has 0 aromatic rings. The quantitative estimate of drug-likeness (QED) is 0.678. The molecule has 1 saturated heterocycles. The average molecular weight is 200 g/mol. The lowest BCUT2D eigenvalue weighted by Gasteiger charge is -2.43. The van der Waals surface area contributed by atoms with Gasteiger partial charge in [0.1, 0.15) is 6.10 Å². The van der Waals surface area contributed by atoms with E-state index >= 15 is 0 Å². The van der Waals surface area contributed by atoms with E-state index in [0.29, 0.717) is 6.04 Å². The number of primary amides is 1. The Morgan fingerprint density at radius 2 is 2.00 bits per heavy atom. The lowest BCUT2D eigenvalue weighted by Crippen LogP contribution is -2.52. The highest BCUT2D eigenvalue weighted by atomic mass is 16.6. The second-order valence-electron chi connectivity index (χ2n) is 3.83. The van der Waals surface area contributed by atoms with Gasteiger partial charge in [-0.1, -0.05) is 0 Å². The van der Waals surface area contributed by atoms with Crippen LogP contribution in [0.15, 0.2) is 0 Å². The highest BCUT2D eigenvalue weighted by Gasteiger charge is 2.36. The molecule has 1 saturated carbocycles. The topological polar surface area (TPSA) is 64.8 Å². The SMILES string of the molecule is NC(=O)OC1CC(N2CCOCC2)C1. The molecule has 0 radical (unpaired) electrons. The van der Waals surface area contributed by atoms with Gasteiger partial charge in [0.15, 0.2) is 0 Å². The second kappa shape index (κ2) is 4.14. The summed E-state index contributed by atoms with van der Waals surface area (Å²) in [6.45, 7) is 3.62. The number of nitrogens with zero attached hydrogens (tertiary/aromatic N) is 1. The fourth-order valence-electron chi connectivity index (χ4n) is 2.04. The molecule has 2 rings (SSSR count). The van der Waals surface area contributed by atoms with Gasteiger partial charge in [-0.15, -0.1) is 0 Å². The van der Waals surface area contributed by atoms with Crippen molar-refractivity contribution in [3.63, 3.8) is 0 Å². The predicted molar refractivity (Wildman–Crippen MR) is 49.9 cm³/mol. The van der Waals surface area contributed by atoms with Gasteiger partial charge in [-0.25, -0.2) is 4.79 Å². The number of morpholine rings is 1. The first-order valence-corrected chi connectivity index (χ1v) is 5.03. The molecule has 1 aliphatic heterocycles. The highest BCUT2D eigenvalue weighted by Crippen LogP contribution is 2.28. The minimum Gasteiger partial charge on any atom is -0.446 e. The van der Waals surface area contributed by atoms with Crippen molar-refractivity contribution in [3.05, 3.63) is 0 Å². The lowest BCUT2D eigenvalue weighted by atomic mass is 9.87. The third-order valence-electron chi connectivity index (χ3n) is 2.91. The van der Waals surface area contributed by atoms with Crippen molar-refractivity contribution in [3.8, 4) is 0 Å². The summed E-state index contributed by atoms with van der Waals surface area (Å²) in [6, 6.07) is 0.559. The lowest BCUT2D eigenvalue weighted by molar-refractivity contribution is -0.0484. The first kappa shape index (κ1) is 9.73. The maximum absolute atomic E-state index is 10.5. The van der Waals surface area contributed by atoms with Crippen molar-refractivity contribution in [1.82, 2.24) is 4.90 Å². The van der Waals surface area contributed by atoms with Crippen LogP contribution in [0.4, 0.5) is 4.79 Å². The minimum atomic E-state index is -0.657. The molecule has 2 aliphatic rings. The Balaban J connectivity index is 1.68. The van der Waals surface area contributed by atoms with Crippen LogP contribution in [0.2, 0.25) is 0 Å². The molecular weight excluding hydrogens is 184 g/mol. The van der Waals surface area contributed by atoms with Gasteiger partial charge in [0, 0.05) is 32.0 Å². The smallest absolute Gasteiger partial charge is 0.404 e. The van der Waals surface area contributed by atoms with Crippen LogP contribution < -0.4 is 5.73 Å². The fraction of sp³-hybridized carbons (Fsp3) is 0.889. The molecule has 1 heterocycles. The summed E-state index contributed by atoms with van der Waals surface area (Å²) in [5.41, 5.74) is 4.93. The van der Waals surface area contributed by atoms with E-state index in [0.717, 1.165) is 39.1 Å². The first-order chi connectivity index (χ1) is 6.75. The third-order valence-corrected chi connectivity index (χ3v) is 2.91. The zero-order chi connectivity index (χ0) is 9.97. The molecule has 0 spiro atoms. The number of carbonyl (C=O) groups excluding carboxylic acids is 1. The number of nitrogens with two attached hydrogens (primary N) is 1. The largest absolute Gasteiger partial charge is 0.446 e. The third kappa shape index (κ3) is 2.16. The maximum Gasteiger partial charge on any atom is 0.404 e. The molecule has 14 heavy (non-hydrogen) atoms. The summed E-state index contributed by atoms with van der Waals surface area (Å²) in [5, 5.41) is 0. The van der Waals surface area contributed by atoms with Gasteiger partial charge in [0.05, 0.1) is 13.2 Å². The van der Waals surface area contributed by atoms with Gasteiger partial charge >= 0.3 is 6.09 Å². The molecule has 0 unspecified atom stereocenters. The average Bonchev–Trinajstić information content (AvgIpc) is 2.12. The van der Waals surface area contributed by atoms with E-state index in [1.807, 2.05) is 0 Å². The van der Waals surface area contributed by atoms with Gasteiger partial charge < -0.3 is 15.2 Å². The predicted octanol–water partition coefficient (Wildman–Crippen LogP) is -0.0551. The maximum atomic E-state index is 10.5. The Morgan fingerprint density at radius 1 is 1.36 bits per heavy atom. The molecular formula is C9H16N2O3. The van der Waals surface area contributed by atoms with Crippen LogP contribution in [0, 0.1) is 0 Å². The van der Waals surface area contributed by atoms with E-state index in [9.17, 15) is 4.79 Å². The molecule has 5 heteroatoms. The normalized spacial score (nSPS) is 33.4. The molecule has 1 amide bonds. The van der Waals surface area contributed by atoms with E-state index in [4.69, 9.17) is 15.2 Å². The number of hydrogen-bond donors (Lipinski definition) is 1. The van der Waals surface area contributed by atoms with Gasteiger partial charge in [-0.3, -0.25) is 4.90 Å². The van der Waals surface area contributed by atoms with Gasteiger partial charge in [0.2, 0.25) is 0 Å². The summed E-state index contributed by atoms with van der Waals surface area (Å²) in [7, 11) is 0. The van der Waals surface area contributed by atoms with Crippen LogP contribution in [0.25, 0.3) is 0 Å². The van der Waals surface area contributed by atoms with Crippen molar-refractivity contribution in [1.29, 1.82) is 0 Å². The Hall–Kier alpha value is -0.810. The van der Waals surface area contributed by atoms with E-state index in [2.05, 4.69) is 4.90 Å². The molecule has 0 aromatic heterocycles. The van der Waals surface area contributed by atoms with Crippen LogP contribution in [-0.2, 0) is 9.47 Å². The summed E-state index contributed by atoms with van der Waals surface area (Å²) >= 11 is 0. The Bertz CT molecular complexity index is 210. The summed E-state index contributed by atoms with van der Waals surface area (Å²) in [4.78, 5) is 12.8. The van der Waals surface area contributed by atoms with Crippen LogP contribution in [-0.4, -0.2) is 49.4 Å². The number of hydrogen-bond acceptors (Lipinski definition) is 4. The van der Waals surface area contributed by atoms with Crippen LogP contribution in [0.5, 0.6) is 0 Å². The molecule has 1 aliphatic carbocycles. The zero-order valence-corrected chi connectivity index (χ0v) is 8.15. The van der Waals surface area contributed by atoms with Gasteiger partial charge in [0.25, 0.3) is 0 Å². The van der Waals surface area contributed by atoms with Crippen molar-refractivity contribution >= 4 is 6.09 Å². The van der Waals surface area contributed by atoms with E-state index in [-0.39, 0.29) is 6.10 Å². The number of amides is 1. The van der Waals surface area contributed by atoms with Crippen molar-refractivity contribution in [2.24, 2.45) is 5.73 Å². The monoisotopic (exact) mass is 200 g/mol. The highest BCUT2D eigenvalue weighted by molar-refractivity contribution is 5.64. The Labute approximate surface area is 83.1 Å². The Kier molecular flexibility index (Phi) is 2.88. The molecule has 5 nitrogen and oxygen atoms in total. The molecule has 2 fully saturated rings. The van der Waals surface area contributed by atoms with Gasteiger partial charge in [-0.2, -0.15) is 0 Å². The number of carbonyl (C=O) groups is 1.